The van der Waals surface area contributed by atoms with Gasteiger partial charge >= 0.3 is 12.0 Å². The summed E-state index contributed by atoms with van der Waals surface area (Å²) in [4.78, 5) is 30.6. The second-order valence-electron chi connectivity index (χ2n) is 7.90. The van der Waals surface area contributed by atoms with Gasteiger partial charge < -0.3 is 15.0 Å². The van der Waals surface area contributed by atoms with Gasteiger partial charge in [0.2, 0.25) is 0 Å². The lowest BCUT2D eigenvalue weighted by atomic mass is 9.88. The number of nitrogens with one attached hydrogen (secondary N) is 1. The third-order valence-electron chi connectivity index (χ3n) is 6.13. The monoisotopic (exact) mass is 452 g/mol. The Morgan fingerprint density at radius 1 is 1.06 bits per heavy atom. The van der Waals surface area contributed by atoms with E-state index in [9.17, 15) is 9.59 Å². The number of nitrogens with zero attached hydrogens (tertiary/aromatic N) is 1. The molecule has 3 heterocycles. The minimum atomic E-state index is -0.434. The highest BCUT2D eigenvalue weighted by atomic mass is 32.1. The molecule has 1 N–H and O–H groups in total. The predicted molar refractivity (Wildman–Crippen MR) is 124 cm³/mol. The van der Waals surface area contributed by atoms with Crippen molar-refractivity contribution in [3.63, 3.8) is 0 Å². The standard InChI is InChI=1S/C24H24N2O3S2/c1-29-23(27)22-18(12-14-30-22)25-24(28)26-13-11-17-16-9-5-6-10-19(16)31-21(17)20(26)15-7-3-2-4-8-15/h2-4,7-8,12,14,20H,5-6,9-11,13H2,1H3,(H,25,28). The molecule has 2 aromatic heterocycles. The molecule has 0 radical (unpaired) electrons. The first-order chi connectivity index (χ1) is 15.2. The first-order valence-electron chi connectivity index (χ1n) is 10.6. The molecule has 2 amide bonds. The lowest BCUT2D eigenvalue weighted by Gasteiger charge is -2.36. The van der Waals surface area contributed by atoms with E-state index in [0.29, 0.717) is 17.1 Å². The van der Waals surface area contributed by atoms with E-state index in [1.807, 2.05) is 34.4 Å². The lowest BCUT2D eigenvalue weighted by molar-refractivity contribution is 0.0607. The van der Waals surface area contributed by atoms with Crippen molar-refractivity contribution in [3.8, 4) is 0 Å². The minimum absolute atomic E-state index is 0.110. The van der Waals surface area contributed by atoms with Crippen LogP contribution in [0.25, 0.3) is 0 Å². The van der Waals surface area contributed by atoms with Crippen molar-refractivity contribution in [3.05, 3.63) is 73.1 Å². The molecule has 1 aliphatic heterocycles. The van der Waals surface area contributed by atoms with Crippen LogP contribution in [0.2, 0.25) is 0 Å². The maximum Gasteiger partial charge on any atom is 0.350 e. The topological polar surface area (TPSA) is 58.6 Å². The highest BCUT2D eigenvalue weighted by Crippen LogP contribution is 2.45. The summed E-state index contributed by atoms with van der Waals surface area (Å²) >= 11 is 3.16. The van der Waals surface area contributed by atoms with Crippen LogP contribution in [0.5, 0.6) is 0 Å². The molecule has 1 aliphatic carbocycles. The number of methoxy groups -OCH3 is 1. The summed E-state index contributed by atoms with van der Waals surface area (Å²) in [6.45, 7) is 0.652. The second-order valence-corrected chi connectivity index (χ2v) is 9.95. The molecular weight excluding hydrogens is 428 g/mol. The molecule has 2 aliphatic rings. The maximum atomic E-state index is 13.4. The second kappa shape index (κ2) is 8.48. The van der Waals surface area contributed by atoms with Crippen LogP contribution in [0.4, 0.5) is 10.5 Å². The average molecular weight is 453 g/mol. The Kier molecular flexibility index (Phi) is 5.54. The van der Waals surface area contributed by atoms with Gasteiger partial charge in [-0.2, -0.15) is 0 Å². The Morgan fingerprint density at radius 2 is 1.87 bits per heavy atom. The molecule has 160 valence electrons. The van der Waals surface area contributed by atoms with Crippen molar-refractivity contribution in [1.29, 1.82) is 0 Å². The number of amides is 2. The number of carbonyl (C=O) groups is 2. The van der Waals surface area contributed by atoms with E-state index in [1.165, 1.54) is 52.2 Å². The summed E-state index contributed by atoms with van der Waals surface area (Å²) in [5.41, 5.74) is 4.63. The number of aryl methyl sites for hydroxylation is 1. The number of urea groups is 1. The van der Waals surface area contributed by atoms with Gasteiger partial charge in [-0.25, -0.2) is 9.59 Å². The van der Waals surface area contributed by atoms with Crippen LogP contribution in [0, 0.1) is 0 Å². The Bertz CT molecular complexity index is 1120. The van der Waals surface area contributed by atoms with Crippen LogP contribution in [-0.4, -0.2) is 30.6 Å². The minimum Gasteiger partial charge on any atom is -0.465 e. The van der Waals surface area contributed by atoms with E-state index < -0.39 is 5.97 Å². The number of benzene rings is 1. The number of fused-ring (bicyclic) bond motifs is 3. The number of rotatable bonds is 3. The molecule has 0 saturated carbocycles. The van der Waals surface area contributed by atoms with Gasteiger partial charge in [0.15, 0.2) is 0 Å². The molecule has 31 heavy (non-hydrogen) atoms. The van der Waals surface area contributed by atoms with E-state index in [2.05, 4.69) is 17.4 Å². The van der Waals surface area contributed by atoms with Crippen LogP contribution in [0.15, 0.2) is 41.8 Å². The normalized spacial score (nSPS) is 17.6. The van der Waals surface area contributed by atoms with E-state index in [-0.39, 0.29) is 12.1 Å². The largest absolute Gasteiger partial charge is 0.465 e. The molecule has 5 nitrogen and oxygen atoms in total. The van der Waals surface area contributed by atoms with Gasteiger partial charge in [-0.3, -0.25) is 0 Å². The molecule has 7 heteroatoms. The smallest absolute Gasteiger partial charge is 0.350 e. The number of ether oxygens (including phenoxy) is 1. The number of hydrogen-bond donors (Lipinski definition) is 1. The van der Waals surface area contributed by atoms with Crippen LogP contribution in [-0.2, 0) is 24.0 Å². The molecule has 0 saturated heterocycles. The first kappa shape index (κ1) is 20.3. The van der Waals surface area contributed by atoms with Crippen LogP contribution in [0.3, 0.4) is 0 Å². The number of carbonyl (C=O) groups excluding carboxylic acids is 2. The highest BCUT2D eigenvalue weighted by Gasteiger charge is 2.36. The SMILES string of the molecule is COC(=O)c1sccc1NC(=O)N1CCc2c(sc3c2CCCC3)C1c1ccccc1. The van der Waals surface area contributed by atoms with Crippen molar-refractivity contribution >= 4 is 40.4 Å². The summed E-state index contributed by atoms with van der Waals surface area (Å²) in [5, 5.41) is 4.76. The fourth-order valence-corrected chi connectivity index (χ4v) is 7.03. The van der Waals surface area contributed by atoms with Gasteiger partial charge in [0, 0.05) is 16.3 Å². The number of anilines is 1. The number of hydrogen-bond acceptors (Lipinski definition) is 5. The molecule has 1 aromatic carbocycles. The lowest BCUT2D eigenvalue weighted by Crippen LogP contribution is -2.42. The molecule has 0 spiro atoms. The molecule has 5 rings (SSSR count). The van der Waals surface area contributed by atoms with Crippen molar-refractivity contribution in [2.24, 2.45) is 0 Å². The van der Waals surface area contributed by atoms with E-state index in [4.69, 9.17) is 4.74 Å². The predicted octanol–water partition coefficient (Wildman–Crippen LogP) is 5.65. The number of esters is 1. The van der Waals surface area contributed by atoms with Crippen molar-refractivity contribution in [2.45, 2.75) is 38.1 Å². The zero-order chi connectivity index (χ0) is 21.4. The quantitative estimate of drug-likeness (QED) is 0.522. The Labute approximate surface area is 189 Å². The zero-order valence-electron chi connectivity index (χ0n) is 17.3. The Hall–Kier alpha value is -2.64. The first-order valence-corrected chi connectivity index (χ1v) is 12.3. The molecular formula is C24H24N2O3S2. The van der Waals surface area contributed by atoms with Gasteiger partial charge in [-0.1, -0.05) is 30.3 Å². The fraction of sp³-hybridized carbons (Fsp3) is 0.333. The van der Waals surface area contributed by atoms with Gasteiger partial charge in [0.05, 0.1) is 18.8 Å². The maximum absolute atomic E-state index is 13.4. The van der Waals surface area contributed by atoms with Crippen molar-refractivity contribution < 1.29 is 14.3 Å². The van der Waals surface area contributed by atoms with E-state index in [0.717, 1.165) is 24.8 Å². The summed E-state index contributed by atoms with van der Waals surface area (Å²) in [7, 11) is 1.35. The Balaban J connectivity index is 1.51. The van der Waals surface area contributed by atoms with Crippen LogP contribution in [0.1, 0.15) is 55.0 Å². The van der Waals surface area contributed by atoms with Crippen LogP contribution >= 0.6 is 22.7 Å². The Morgan fingerprint density at radius 3 is 2.68 bits per heavy atom. The van der Waals surface area contributed by atoms with Gasteiger partial charge in [-0.15, -0.1) is 22.7 Å². The average Bonchev–Trinajstić information content (AvgIpc) is 3.42. The third-order valence-corrected chi connectivity index (χ3v) is 8.41. The number of thiophene rings is 2. The molecule has 1 unspecified atom stereocenters. The third kappa shape index (κ3) is 3.66. The summed E-state index contributed by atoms with van der Waals surface area (Å²) in [6, 6.07) is 11.7. The van der Waals surface area contributed by atoms with Crippen molar-refractivity contribution in [1.82, 2.24) is 4.90 Å². The van der Waals surface area contributed by atoms with Gasteiger partial charge in [0.25, 0.3) is 0 Å². The van der Waals surface area contributed by atoms with Gasteiger partial charge in [0.1, 0.15) is 4.88 Å². The highest BCUT2D eigenvalue weighted by molar-refractivity contribution is 7.13. The zero-order valence-corrected chi connectivity index (χ0v) is 19.0. The molecule has 3 aromatic rings. The summed E-state index contributed by atoms with van der Waals surface area (Å²) < 4.78 is 4.85. The van der Waals surface area contributed by atoms with E-state index >= 15 is 0 Å². The van der Waals surface area contributed by atoms with Gasteiger partial charge in [-0.05, 0) is 60.2 Å². The molecule has 1 atom stereocenters. The molecule has 0 fully saturated rings. The molecule has 0 bridgehead atoms. The van der Waals surface area contributed by atoms with Crippen molar-refractivity contribution in [2.75, 3.05) is 19.0 Å². The summed E-state index contributed by atoms with van der Waals surface area (Å²) in [5.74, 6) is -0.434. The summed E-state index contributed by atoms with van der Waals surface area (Å²) in [6.07, 6.45) is 5.70. The van der Waals surface area contributed by atoms with E-state index in [1.54, 1.807) is 11.4 Å². The fourth-order valence-electron chi connectivity index (χ4n) is 4.68. The van der Waals surface area contributed by atoms with Crippen LogP contribution < -0.4 is 5.32 Å².